The minimum absolute atomic E-state index is 0.0580. The van der Waals surface area contributed by atoms with Crippen molar-refractivity contribution in [3.63, 3.8) is 0 Å². The lowest BCUT2D eigenvalue weighted by Crippen LogP contribution is -2.37. The smallest absolute Gasteiger partial charge is 0.258 e. The zero-order valence-corrected chi connectivity index (χ0v) is 17.4. The molecule has 0 spiro atoms. The molecule has 0 N–H and O–H groups in total. The molecular formula is C18H12FN3O8S2. The minimum atomic E-state index is -5.01. The van der Waals surface area contributed by atoms with Crippen LogP contribution in [0.1, 0.15) is 0 Å². The summed E-state index contributed by atoms with van der Waals surface area (Å²) in [7, 11) is -10.0. The summed E-state index contributed by atoms with van der Waals surface area (Å²) in [6.45, 7) is 0. The average Bonchev–Trinajstić information content (AvgIpc) is 2.75. The van der Waals surface area contributed by atoms with E-state index >= 15 is 0 Å². The molecule has 0 aliphatic rings. The monoisotopic (exact) mass is 481 g/mol. The molecule has 0 unspecified atom stereocenters. The van der Waals surface area contributed by atoms with Crippen molar-refractivity contribution in [3.05, 3.63) is 98.8 Å². The second kappa shape index (κ2) is 8.32. The first-order valence-electron chi connectivity index (χ1n) is 8.49. The molecule has 3 rings (SSSR count). The Bertz CT molecular complexity index is 1340. The van der Waals surface area contributed by atoms with Crippen LogP contribution >= 0.6 is 0 Å². The third-order valence-corrected chi connectivity index (χ3v) is 8.30. The van der Waals surface area contributed by atoms with E-state index in [-0.39, 0.29) is 3.71 Å². The lowest BCUT2D eigenvalue weighted by Gasteiger charge is -2.24. The van der Waals surface area contributed by atoms with E-state index in [9.17, 15) is 41.5 Å². The Hall–Kier alpha value is -3.91. The van der Waals surface area contributed by atoms with E-state index in [0.29, 0.717) is 12.1 Å². The van der Waals surface area contributed by atoms with Crippen molar-refractivity contribution in [3.8, 4) is 0 Å². The van der Waals surface area contributed by atoms with Gasteiger partial charge in [-0.2, -0.15) is 3.71 Å². The second-order valence-corrected chi connectivity index (χ2v) is 10.00. The van der Waals surface area contributed by atoms with Gasteiger partial charge in [0.15, 0.2) is 0 Å². The summed E-state index contributed by atoms with van der Waals surface area (Å²) in [6.07, 6.45) is 0. The lowest BCUT2D eigenvalue weighted by atomic mass is 10.3. The molecule has 32 heavy (non-hydrogen) atoms. The fourth-order valence-corrected chi connectivity index (χ4v) is 6.45. The molecule has 0 aliphatic carbocycles. The second-order valence-electron chi connectivity index (χ2n) is 6.19. The first-order valence-corrected chi connectivity index (χ1v) is 11.4. The van der Waals surface area contributed by atoms with Crippen LogP contribution in [0.3, 0.4) is 0 Å². The maximum Gasteiger partial charge on any atom is 0.277 e. The zero-order chi connectivity index (χ0) is 23.7. The fourth-order valence-electron chi connectivity index (χ4n) is 2.68. The number of nitro benzene ring substituents is 2. The number of hydrogen-bond donors (Lipinski definition) is 0. The number of anilines is 1. The van der Waals surface area contributed by atoms with Gasteiger partial charge in [-0.15, -0.1) is 0 Å². The molecular weight excluding hydrogens is 469 g/mol. The van der Waals surface area contributed by atoms with Crippen molar-refractivity contribution in [1.82, 2.24) is 0 Å². The highest BCUT2D eigenvalue weighted by atomic mass is 32.3. The van der Waals surface area contributed by atoms with Crippen LogP contribution in [0.25, 0.3) is 0 Å². The Balaban J connectivity index is 2.29. The molecule has 14 heteroatoms. The van der Waals surface area contributed by atoms with E-state index < -0.39 is 62.6 Å². The first-order chi connectivity index (χ1) is 14.9. The van der Waals surface area contributed by atoms with E-state index in [1.165, 1.54) is 0 Å². The number of nitrogens with zero attached hydrogens (tertiary/aromatic N) is 3. The molecule has 3 aromatic rings. The molecule has 0 fully saturated rings. The normalized spacial score (nSPS) is 11.7. The standard InChI is InChI=1S/C18H12FN3O8S2/c19-13-7-9-14(10-8-13)22(31(27,28)17-5-1-3-15(11-17)20(23)24)32(29,30)18-6-2-4-16(12-18)21(25)26/h1-12H. The zero-order valence-electron chi connectivity index (χ0n) is 15.7. The predicted molar refractivity (Wildman–Crippen MR) is 109 cm³/mol. The molecule has 0 aliphatic heterocycles. The number of sulfonamides is 2. The van der Waals surface area contributed by atoms with Crippen LogP contribution in [0.5, 0.6) is 0 Å². The van der Waals surface area contributed by atoms with Crippen LogP contribution in [0, 0.1) is 26.0 Å². The van der Waals surface area contributed by atoms with Crippen molar-refractivity contribution in [2.75, 3.05) is 3.71 Å². The van der Waals surface area contributed by atoms with Gasteiger partial charge in [0.2, 0.25) is 0 Å². The molecule has 0 amide bonds. The Morgan fingerprint density at radius 1 is 0.688 bits per heavy atom. The van der Waals surface area contributed by atoms with E-state index in [1.807, 2.05) is 0 Å². The third-order valence-electron chi connectivity index (χ3n) is 4.13. The third kappa shape index (κ3) is 4.26. The van der Waals surface area contributed by atoms with Crippen molar-refractivity contribution < 1.29 is 31.1 Å². The minimum Gasteiger partial charge on any atom is -0.258 e. The van der Waals surface area contributed by atoms with Gasteiger partial charge in [-0.3, -0.25) is 20.2 Å². The number of rotatable bonds is 7. The summed E-state index contributed by atoms with van der Waals surface area (Å²) >= 11 is 0. The summed E-state index contributed by atoms with van der Waals surface area (Å²) in [4.78, 5) is 18.9. The molecule has 0 saturated heterocycles. The van der Waals surface area contributed by atoms with Gasteiger partial charge in [0.25, 0.3) is 31.4 Å². The van der Waals surface area contributed by atoms with E-state index in [4.69, 9.17) is 0 Å². The van der Waals surface area contributed by atoms with Crippen molar-refractivity contribution in [2.45, 2.75) is 9.79 Å². The molecule has 166 valence electrons. The Kier molecular flexibility index (Phi) is 5.92. The highest BCUT2D eigenvalue weighted by Gasteiger charge is 2.38. The number of halogens is 1. The molecule has 3 aromatic carbocycles. The molecule has 0 bridgehead atoms. The summed E-state index contributed by atoms with van der Waals surface area (Å²) in [5.41, 5.74) is -1.74. The predicted octanol–water partition coefficient (Wildman–Crippen LogP) is 3.23. The van der Waals surface area contributed by atoms with E-state index in [0.717, 1.165) is 60.7 Å². The van der Waals surface area contributed by atoms with E-state index in [1.54, 1.807) is 0 Å². The maximum absolute atomic E-state index is 13.4. The van der Waals surface area contributed by atoms with Crippen molar-refractivity contribution in [1.29, 1.82) is 0 Å². The highest BCUT2D eigenvalue weighted by molar-refractivity contribution is 8.10. The van der Waals surface area contributed by atoms with Gasteiger partial charge in [0.1, 0.15) is 5.82 Å². The van der Waals surface area contributed by atoms with Crippen LogP contribution in [0.15, 0.2) is 82.6 Å². The van der Waals surface area contributed by atoms with Gasteiger partial charge in [-0.1, -0.05) is 12.1 Å². The van der Waals surface area contributed by atoms with Gasteiger partial charge >= 0.3 is 0 Å². The topological polar surface area (TPSA) is 158 Å². The number of nitro groups is 2. The fraction of sp³-hybridized carbons (Fsp3) is 0. The quantitative estimate of drug-likeness (QED) is 0.367. The SMILES string of the molecule is O=[N+]([O-])c1cccc(S(=O)(=O)N(c2ccc(F)cc2)S(=O)(=O)c2cccc([N+](=O)[O-])c2)c1. The molecule has 11 nitrogen and oxygen atoms in total. The average molecular weight is 481 g/mol. The van der Waals surface area contributed by atoms with Crippen molar-refractivity contribution in [2.24, 2.45) is 0 Å². The highest BCUT2D eigenvalue weighted by Crippen LogP contribution is 2.33. The molecule has 0 saturated carbocycles. The first kappa shape index (κ1) is 22.8. The van der Waals surface area contributed by atoms with Crippen LogP contribution in [-0.4, -0.2) is 26.7 Å². The van der Waals surface area contributed by atoms with Crippen LogP contribution in [0.4, 0.5) is 21.5 Å². The van der Waals surface area contributed by atoms with E-state index in [2.05, 4.69) is 0 Å². The van der Waals surface area contributed by atoms with Gasteiger partial charge in [-0.05, 0) is 36.4 Å². The van der Waals surface area contributed by atoms with Crippen LogP contribution in [0.2, 0.25) is 0 Å². The number of non-ortho nitro benzene ring substituents is 2. The summed E-state index contributed by atoms with van der Waals surface area (Å²) in [5.74, 6) is -0.783. The van der Waals surface area contributed by atoms with Gasteiger partial charge in [0.05, 0.1) is 25.3 Å². The summed E-state index contributed by atoms with van der Waals surface area (Å²) in [6, 6.07) is 10.7. The summed E-state index contributed by atoms with van der Waals surface area (Å²) in [5, 5.41) is 22.1. The molecule has 0 atom stereocenters. The van der Waals surface area contributed by atoms with Gasteiger partial charge in [0, 0.05) is 24.3 Å². The Labute approximate surface area is 180 Å². The molecule has 0 radical (unpaired) electrons. The van der Waals surface area contributed by atoms with Crippen LogP contribution in [-0.2, 0) is 20.0 Å². The number of benzene rings is 3. The Morgan fingerprint density at radius 2 is 1.09 bits per heavy atom. The largest absolute Gasteiger partial charge is 0.277 e. The lowest BCUT2D eigenvalue weighted by molar-refractivity contribution is -0.385. The maximum atomic E-state index is 13.4. The molecule has 0 heterocycles. The van der Waals surface area contributed by atoms with Crippen LogP contribution < -0.4 is 3.71 Å². The molecule has 0 aromatic heterocycles. The Morgan fingerprint density at radius 3 is 1.47 bits per heavy atom. The summed E-state index contributed by atoms with van der Waals surface area (Å²) < 4.78 is 66.7. The van der Waals surface area contributed by atoms with Gasteiger partial charge in [-0.25, -0.2) is 21.2 Å². The number of hydrogen-bond acceptors (Lipinski definition) is 8. The van der Waals surface area contributed by atoms with Gasteiger partial charge < -0.3 is 0 Å². The van der Waals surface area contributed by atoms with Crippen molar-refractivity contribution >= 4 is 37.1 Å².